The fourth-order valence-electron chi connectivity index (χ4n) is 1.92. The Morgan fingerprint density at radius 3 is 2.61 bits per heavy atom. The highest BCUT2D eigenvalue weighted by Crippen LogP contribution is 2.31. The van der Waals surface area contributed by atoms with Crippen molar-refractivity contribution in [3.05, 3.63) is 23.2 Å². The summed E-state index contributed by atoms with van der Waals surface area (Å²) in [5, 5.41) is 17.4. The third-order valence-corrected chi connectivity index (χ3v) is 2.73. The van der Waals surface area contributed by atoms with Crippen molar-refractivity contribution in [2.45, 2.75) is 26.7 Å². The molecular weight excluding hydrogens is 234 g/mol. The zero-order valence-corrected chi connectivity index (χ0v) is 10.8. The molecule has 2 rings (SSSR count). The molecule has 0 saturated carbocycles. The molecule has 18 heavy (non-hydrogen) atoms. The molecule has 0 aliphatic heterocycles. The van der Waals surface area contributed by atoms with Crippen LogP contribution in [0, 0.1) is 6.92 Å². The summed E-state index contributed by atoms with van der Waals surface area (Å²) in [7, 11) is 1.78. The number of carbonyl (C=O) groups is 1. The maximum Gasteiger partial charge on any atom is 0.341 e. The number of aromatic nitrogens is 3. The van der Waals surface area contributed by atoms with E-state index in [-0.39, 0.29) is 11.5 Å². The topological polar surface area (TPSA) is 81.2 Å². The first-order chi connectivity index (χ1) is 8.41. The molecular formula is C12H15N3O3. The van der Waals surface area contributed by atoms with E-state index < -0.39 is 5.97 Å². The molecule has 1 N–H and O–H groups in total. The Hall–Kier alpha value is -2.11. The first-order valence-corrected chi connectivity index (χ1v) is 5.65. The van der Waals surface area contributed by atoms with Gasteiger partial charge in [0, 0.05) is 24.7 Å². The minimum atomic E-state index is -1.03. The quantitative estimate of drug-likeness (QED) is 0.901. The highest BCUT2D eigenvalue weighted by molar-refractivity contribution is 5.96. The summed E-state index contributed by atoms with van der Waals surface area (Å²) in [5.74, 6) is -0.673. The van der Waals surface area contributed by atoms with Gasteiger partial charge in [0.25, 0.3) is 0 Å². The largest absolute Gasteiger partial charge is 0.477 e. The lowest BCUT2D eigenvalue weighted by atomic mass is 10.0. The third kappa shape index (κ3) is 1.90. The molecule has 96 valence electrons. The monoisotopic (exact) mass is 249 g/mol. The normalized spacial score (nSPS) is 11.2. The average Bonchev–Trinajstić information content (AvgIpc) is 2.81. The summed E-state index contributed by atoms with van der Waals surface area (Å²) in [6.45, 7) is 5.55. The average molecular weight is 249 g/mol. The summed E-state index contributed by atoms with van der Waals surface area (Å²) in [5.41, 5.74) is 1.88. The summed E-state index contributed by atoms with van der Waals surface area (Å²) in [4.78, 5) is 11.4. The molecule has 0 unspecified atom stereocenters. The van der Waals surface area contributed by atoms with Crippen molar-refractivity contribution < 1.29 is 14.4 Å². The van der Waals surface area contributed by atoms with E-state index in [4.69, 9.17) is 4.52 Å². The van der Waals surface area contributed by atoms with Crippen LogP contribution in [0.3, 0.4) is 0 Å². The van der Waals surface area contributed by atoms with E-state index in [9.17, 15) is 9.90 Å². The van der Waals surface area contributed by atoms with Crippen molar-refractivity contribution in [1.82, 2.24) is 14.9 Å². The Balaban J connectivity index is 2.65. The van der Waals surface area contributed by atoms with Gasteiger partial charge in [0.05, 0.1) is 5.69 Å². The minimum absolute atomic E-state index is 0.0330. The summed E-state index contributed by atoms with van der Waals surface area (Å²) in [6.07, 6.45) is 1.74. The van der Waals surface area contributed by atoms with Crippen LogP contribution >= 0.6 is 0 Å². The second kappa shape index (κ2) is 4.29. The number of rotatable bonds is 3. The van der Waals surface area contributed by atoms with E-state index in [0.717, 1.165) is 5.69 Å². The predicted octanol–water partition coefficient (Wildman–Crippen LogP) is 2.21. The molecule has 6 heteroatoms. The van der Waals surface area contributed by atoms with Crippen molar-refractivity contribution in [1.29, 1.82) is 0 Å². The zero-order chi connectivity index (χ0) is 13.4. The summed E-state index contributed by atoms with van der Waals surface area (Å²) in [6, 6.07) is 0. The standard InChI is InChI=1S/C12H15N3O3/c1-6(2)11-9(12(16)17)10(14-18-11)8-5-15(4)13-7(8)3/h5-6H,1-4H3,(H,16,17). The molecule has 6 nitrogen and oxygen atoms in total. The van der Waals surface area contributed by atoms with E-state index in [1.807, 2.05) is 20.8 Å². The van der Waals surface area contributed by atoms with Gasteiger partial charge >= 0.3 is 5.97 Å². The van der Waals surface area contributed by atoms with Gasteiger partial charge in [-0.3, -0.25) is 4.68 Å². The molecule has 0 bridgehead atoms. The first-order valence-electron chi connectivity index (χ1n) is 5.65. The lowest BCUT2D eigenvalue weighted by Crippen LogP contribution is -2.02. The van der Waals surface area contributed by atoms with Crippen LogP contribution in [0.1, 0.15) is 41.6 Å². The highest BCUT2D eigenvalue weighted by Gasteiger charge is 2.26. The molecule has 2 aromatic rings. The van der Waals surface area contributed by atoms with Crippen LogP contribution in [0.4, 0.5) is 0 Å². The van der Waals surface area contributed by atoms with Gasteiger partial charge < -0.3 is 9.63 Å². The number of aryl methyl sites for hydroxylation is 2. The molecule has 0 fully saturated rings. The SMILES string of the molecule is Cc1nn(C)cc1-c1noc(C(C)C)c1C(=O)O. The van der Waals surface area contributed by atoms with Crippen LogP contribution in [-0.2, 0) is 7.05 Å². The van der Waals surface area contributed by atoms with E-state index in [1.165, 1.54) is 0 Å². The van der Waals surface area contributed by atoms with Crippen LogP contribution in [0.5, 0.6) is 0 Å². The number of hydrogen-bond donors (Lipinski definition) is 1. The van der Waals surface area contributed by atoms with Crippen LogP contribution < -0.4 is 0 Å². The second-order valence-corrected chi connectivity index (χ2v) is 4.53. The predicted molar refractivity (Wildman–Crippen MR) is 64.5 cm³/mol. The van der Waals surface area contributed by atoms with Gasteiger partial charge in [-0.1, -0.05) is 19.0 Å². The number of nitrogens with zero attached hydrogens (tertiary/aromatic N) is 3. The Bertz CT molecular complexity index is 596. The molecule has 0 spiro atoms. The van der Waals surface area contributed by atoms with Gasteiger partial charge in [0.2, 0.25) is 0 Å². The number of carboxylic acids is 1. The molecule has 0 aromatic carbocycles. The maximum atomic E-state index is 11.4. The summed E-state index contributed by atoms with van der Waals surface area (Å²) >= 11 is 0. The molecule has 2 aromatic heterocycles. The van der Waals surface area contributed by atoms with Gasteiger partial charge in [-0.05, 0) is 6.92 Å². The second-order valence-electron chi connectivity index (χ2n) is 4.53. The van der Waals surface area contributed by atoms with Crippen molar-refractivity contribution in [2.75, 3.05) is 0 Å². The van der Waals surface area contributed by atoms with Gasteiger partial charge in [-0.15, -0.1) is 0 Å². The van der Waals surface area contributed by atoms with E-state index >= 15 is 0 Å². The lowest BCUT2D eigenvalue weighted by molar-refractivity contribution is 0.0694. The number of aromatic carboxylic acids is 1. The third-order valence-electron chi connectivity index (χ3n) is 2.73. The fraction of sp³-hybridized carbons (Fsp3) is 0.417. The van der Waals surface area contributed by atoms with Gasteiger partial charge in [0.1, 0.15) is 11.3 Å². The Kier molecular flexibility index (Phi) is 2.94. The fourth-order valence-corrected chi connectivity index (χ4v) is 1.92. The van der Waals surface area contributed by atoms with E-state index in [1.54, 1.807) is 17.9 Å². The van der Waals surface area contributed by atoms with Gasteiger partial charge in [-0.25, -0.2) is 4.79 Å². The van der Waals surface area contributed by atoms with E-state index in [0.29, 0.717) is 17.0 Å². The first kappa shape index (κ1) is 12.3. The van der Waals surface area contributed by atoms with Crippen molar-refractivity contribution in [3.63, 3.8) is 0 Å². The van der Waals surface area contributed by atoms with Gasteiger partial charge in [0.15, 0.2) is 5.76 Å². The van der Waals surface area contributed by atoms with Crippen molar-refractivity contribution >= 4 is 5.97 Å². The van der Waals surface area contributed by atoms with Crippen molar-refractivity contribution in [3.8, 4) is 11.3 Å². The summed E-state index contributed by atoms with van der Waals surface area (Å²) < 4.78 is 6.79. The highest BCUT2D eigenvalue weighted by atomic mass is 16.5. The Morgan fingerprint density at radius 2 is 2.17 bits per heavy atom. The molecule has 0 atom stereocenters. The molecule has 0 saturated heterocycles. The number of hydrogen-bond acceptors (Lipinski definition) is 4. The van der Waals surface area contributed by atoms with Crippen LogP contribution in [0.2, 0.25) is 0 Å². The molecule has 0 amide bonds. The van der Waals surface area contributed by atoms with Crippen LogP contribution in [0.25, 0.3) is 11.3 Å². The van der Waals surface area contributed by atoms with Gasteiger partial charge in [-0.2, -0.15) is 5.10 Å². The molecule has 2 heterocycles. The van der Waals surface area contributed by atoms with Crippen molar-refractivity contribution in [2.24, 2.45) is 7.05 Å². The minimum Gasteiger partial charge on any atom is -0.477 e. The van der Waals surface area contributed by atoms with Crippen LogP contribution in [-0.4, -0.2) is 26.0 Å². The molecule has 0 radical (unpaired) electrons. The smallest absolute Gasteiger partial charge is 0.341 e. The molecule has 0 aliphatic carbocycles. The van der Waals surface area contributed by atoms with E-state index in [2.05, 4.69) is 10.3 Å². The number of carboxylic acid groups (broad SMARTS) is 1. The Labute approximate surface area is 104 Å². The lowest BCUT2D eigenvalue weighted by Gasteiger charge is -2.00. The Morgan fingerprint density at radius 1 is 1.50 bits per heavy atom. The molecule has 0 aliphatic rings. The zero-order valence-electron chi connectivity index (χ0n) is 10.8. The maximum absolute atomic E-state index is 11.4. The van der Waals surface area contributed by atoms with Crippen LogP contribution in [0.15, 0.2) is 10.7 Å².